The molecule has 4 nitrogen and oxygen atoms in total. The molecule has 0 N–H and O–H groups in total. The molecular weight excluding hydrogens is 304 g/mol. The van der Waals surface area contributed by atoms with Crippen molar-refractivity contribution in [2.24, 2.45) is 0 Å². The van der Waals surface area contributed by atoms with Crippen molar-refractivity contribution in [3.63, 3.8) is 0 Å². The molecule has 0 unspecified atom stereocenters. The highest BCUT2D eigenvalue weighted by Crippen LogP contribution is 2.48. The van der Waals surface area contributed by atoms with Gasteiger partial charge in [-0.05, 0) is 19.9 Å². The summed E-state index contributed by atoms with van der Waals surface area (Å²) in [7, 11) is 1.65. The highest BCUT2D eigenvalue weighted by Gasteiger charge is 2.41. The van der Waals surface area contributed by atoms with Crippen LogP contribution in [0.2, 0.25) is 0 Å². The molecule has 1 aromatic heterocycles. The number of hydrogen-bond donors (Lipinski definition) is 0. The molecule has 0 bridgehead atoms. The third kappa shape index (κ3) is 2.53. The van der Waals surface area contributed by atoms with Crippen LogP contribution in [0.15, 0.2) is 30.5 Å². The fourth-order valence-corrected chi connectivity index (χ4v) is 4.50. The maximum Gasteiger partial charge on any atom is 0.242 e. The van der Waals surface area contributed by atoms with E-state index in [9.17, 15) is 4.79 Å². The number of aryl methyl sites for hydroxylation is 1. The van der Waals surface area contributed by atoms with Crippen LogP contribution in [0.5, 0.6) is 5.75 Å². The van der Waals surface area contributed by atoms with E-state index < -0.39 is 0 Å². The summed E-state index contributed by atoms with van der Waals surface area (Å²) in [6, 6.07) is 7.84. The molecule has 1 aliphatic rings. The fraction of sp³-hybridized carbons (Fsp3) is 0.333. The van der Waals surface area contributed by atoms with Crippen LogP contribution in [0, 0.1) is 6.92 Å². The summed E-state index contributed by atoms with van der Waals surface area (Å²) >= 11 is 3.17. The summed E-state index contributed by atoms with van der Waals surface area (Å²) in [5.41, 5.74) is 1.01. The van der Waals surface area contributed by atoms with E-state index in [-0.39, 0.29) is 16.5 Å². The van der Waals surface area contributed by atoms with Gasteiger partial charge in [0, 0.05) is 16.6 Å². The van der Waals surface area contributed by atoms with E-state index in [0.717, 1.165) is 21.3 Å². The van der Waals surface area contributed by atoms with Gasteiger partial charge in [-0.2, -0.15) is 0 Å². The Bertz CT molecular complexity index is 671. The second kappa shape index (κ2) is 5.69. The summed E-state index contributed by atoms with van der Waals surface area (Å²) in [5, 5.41) is 0.587. The van der Waals surface area contributed by atoms with Crippen LogP contribution in [-0.2, 0) is 4.79 Å². The Morgan fingerprint density at radius 3 is 2.76 bits per heavy atom. The topological polar surface area (TPSA) is 42.4 Å². The molecule has 1 aliphatic heterocycles. The van der Waals surface area contributed by atoms with Gasteiger partial charge in [0.1, 0.15) is 11.1 Å². The zero-order valence-corrected chi connectivity index (χ0v) is 13.7. The number of thiazole rings is 1. The number of para-hydroxylation sites is 1. The number of thioether (sulfide) groups is 1. The summed E-state index contributed by atoms with van der Waals surface area (Å²) in [5.74, 6) is 0.903. The molecule has 0 spiro atoms. The number of amides is 1. The maximum atomic E-state index is 12.5. The standard InChI is InChI=1S/C15H16N2O2S2/c1-9-8-16-15(20-9)17-13(18)10(2)21-14(17)11-6-4-5-7-12(11)19-3/h4-8,10,14H,1-3H3/t10-,14-/m1/s1. The third-order valence-electron chi connectivity index (χ3n) is 3.37. The van der Waals surface area contributed by atoms with E-state index in [4.69, 9.17) is 4.74 Å². The molecule has 21 heavy (non-hydrogen) atoms. The SMILES string of the molecule is COc1ccccc1[C@H]1S[C@H](C)C(=O)N1c1ncc(C)s1. The predicted molar refractivity (Wildman–Crippen MR) is 87.1 cm³/mol. The second-order valence-corrected chi connectivity index (χ2v) is 7.47. The van der Waals surface area contributed by atoms with Crippen LogP contribution in [0.4, 0.5) is 5.13 Å². The zero-order valence-electron chi connectivity index (χ0n) is 12.1. The zero-order chi connectivity index (χ0) is 15.0. The Balaban J connectivity index is 2.05. The largest absolute Gasteiger partial charge is 0.496 e. The molecule has 110 valence electrons. The van der Waals surface area contributed by atoms with E-state index in [0.29, 0.717) is 0 Å². The van der Waals surface area contributed by atoms with Crippen LogP contribution in [0.25, 0.3) is 0 Å². The van der Waals surface area contributed by atoms with Gasteiger partial charge in [-0.15, -0.1) is 23.1 Å². The highest BCUT2D eigenvalue weighted by molar-refractivity contribution is 8.01. The molecular formula is C15H16N2O2S2. The minimum atomic E-state index is -0.0887. The fourth-order valence-electron chi connectivity index (χ4n) is 2.36. The normalized spacial score (nSPS) is 21.9. The van der Waals surface area contributed by atoms with Gasteiger partial charge in [0.2, 0.25) is 5.91 Å². The van der Waals surface area contributed by atoms with Crippen molar-refractivity contribution in [3.05, 3.63) is 40.9 Å². The van der Waals surface area contributed by atoms with Gasteiger partial charge in [-0.1, -0.05) is 18.2 Å². The van der Waals surface area contributed by atoms with Crippen LogP contribution < -0.4 is 9.64 Å². The minimum absolute atomic E-state index is 0.0795. The van der Waals surface area contributed by atoms with Gasteiger partial charge in [-0.25, -0.2) is 4.98 Å². The smallest absolute Gasteiger partial charge is 0.242 e. The number of anilines is 1. The van der Waals surface area contributed by atoms with Crippen LogP contribution in [-0.4, -0.2) is 23.3 Å². The highest BCUT2D eigenvalue weighted by atomic mass is 32.2. The van der Waals surface area contributed by atoms with Gasteiger partial charge < -0.3 is 4.74 Å². The Morgan fingerprint density at radius 2 is 2.10 bits per heavy atom. The third-order valence-corrected chi connectivity index (χ3v) is 5.62. The maximum absolute atomic E-state index is 12.5. The van der Waals surface area contributed by atoms with E-state index >= 15 is 0 Å². The van der Waals surface area contributed by atoms with Crippen molar-refractivity contribution in [3.8, 4) is 5.75 Å². The molecule has 2 aromatic rings. The number of carbonyl (C=O) groups excluding carboxylic acids is 1. The summed E-state index contributed by atoms with van der Waals surface area (Å²) < 4.78 is 5.45. The molecule has 0 saturated carbocycles. The average molecular weight is 320 g/mol. The molecule has 3 rings (SSSR count). The number of hydrogen-bond acceptors (Lipinski definition) is 5. The van der Waals surface area contributed by atoms with E-state index in [1.54, 1.807) is 41.3 Å². The number of ether oxygens (including phenoxy) is 1. The first-order chi connectivity index (χ1) is 10.1. The van der Waals surface area contributed by atoms with Gasteiger partial charge >= 0.3 is 0 Å². The lowest BCUT2D eigenvalue weighted by molar-refractivity contribution is -0.117. The number of aromatic nitrogens is 1. The Kier molecular flexibility index (Phi) is 3.91. The van der Waals surface area contributed by atoms with Crippen LogP contribution in [0.1, 0.15) is 22.7 Å². The Labute approximate surface area is 132 Å². The van der Waals surface area contributed by atoms with Gasteiger partial charge in [0.15, 0.2) is 5.13 Å². The number of benzene rings is 1. The number of carbonyl (C=O) groups is 1. The molecule has 1 saturated heterocycles. The minimum Gasteiger partial charge on any atom is -0.496 e. The lowest BCUT2D eigenvalue weighted by atomic mass is 10.2. The molecule has 1 amide bonds. The quantitative estimate of drug-likeness (QED) is 0.866. The van der Waals surface area contributed by atoms with Crippen LogP contribution >= 0.6 is 23.1 Å². The Morgan fingerprint density at radius 1 is 1.33 bits per heavy atom. The van der Waals surface area contributed by atoms with Crippen molar-refractivity contribution < 1.29 is 9.53 Å². The summed E-state index contributed by atoms with van der Waals surface area (Å²) in [6.07, 6.45) is 1.81. The summed E-state index contributed by atoms with van der Waals surface area (Å²) in [4.78, 5) is 19.8. The molecule has 6 heteroatoms. The molecule has 1 fully saturated rings. The van der Waals surface area contributed by atoms with Gasteiger partial charge in [-0.3, -0.25) is 9.69 Å². The van der Waals surface area contributed by atoms with Gasteiger partial charge in [0.05, 0.1) is 12.4 Å². The molecule has 1 aromatic carbocycles. The molecule has 0 aliphatic carbocycles. The first kappa shape index (κ1) is 14.4. The second-order valence-electron chi connectivity index (χ2n) is 4.83. The van der Waals surface area contributed by atoms with Crippen molar-refractivity contribution in [1.82, 2.24) is 4.98 Å². The first-order valence-corrected chi connectivity index (χ1v) is 8.41. The first-order valence-electron chi connectivity index (χ1n) is 6.65. The van der Waals surface area contributed by atoms with Crippen LogP contribution in [0.3, 0.4) is 0 Å². The van der Waals surface area contributed by atoms with E-state index in [1.165, 1.54) is 0 Å². The van der Waals surface area contributed by atoms with Gasteiger partial charge in [0.25, 0.3) is 0 Å². The molecule has 0 radical (unpaired) electrons. The van der Waals surface area contributed by atoms with Crippen molar-refractivity contribution >= 4 is 34.1 Å². The monoisotopic (exact) mass is 320 g/mol. The molecule has 2 atom stereocenters. The predicted octanol–water partition coefficient (Wildman–Crippen LogP) is 3.63. The lowest BCUT2D eigenvalue weighted by Gasteiger charge is -2.23. The average Bonchev–Trinajstić information content (AvgIpc) is 3.03. The number of nitrogens with zero attached hydrogens (tertiary/aromatic N) is 2. The summed E-state index contributed by atoms with van der Waals surface area (Å²) in [6.45, 7) is 3.94. The lowest BCUT2D eigenvalue weighted by Crippen LogP contribution is -2.30. The van der Waals surface area contributed by atoms with E-state index in [1.807, 2.05) is 38.1 Å². The Hall–Kier alpha value is -1.53. The number of rotatable bonds is 3. The number of methoxy groups -OCH3 is 1. The van der Waals surface area contributed by atoms with Crippen molar-refractivity contribution in [2.75, 3.05) is 12.0 Å². The van der Waals surface area contributed by atoms with E-state index in [2.05, 4.69) is 4.98 Å². The van der Waals surface area contributed by atoms with Crippen molar-refractivity contribution in [2.45, 2.75) is 24.5 Å². The molecule has 2 heterocycles. The van der Waals surface area contributed by atoms with Crippen molar-refractivity contribution in [1.29, 1.82) is 0 Å².